The van der Waals surface area contributed by atoms with Crippen LogP contribution in [0.2, 0.25) is 0 Å². The second-order valence-electron chi connectivity index (χ2n) is 8.03. The first-order chi connectivity index (χ1) is 14.3. The van der Waals surface area contributed by atoms with E-state index in [1.165, 1.54) is 11.1 Å². The lowest BCUT2D eigenvalue weighted by Gasteiger charge is -2.33. The van der Waals surface area contributed by atoms with Gasteiger partial charge in [0.2, 0.25) is 0 Å². The summed E-state index contributed by atoms with van der Waals surface area (Å²) in [4.78, 5) is 7.01. The normalized spacial score (nSPS) is 24.0. The molecule has 2 saturated heterocycles. The number of likely N-dealkylation sites (tertiary alicyclic amines) is 1. The molecule has 29 heavy (non-hydrogen) atoms. The molecule has 0 aliphatic carbocycles. The molecule has 6 heteroatoms. The molecule has 156 valence electrons. The number of hydrogen-bond acceptors (Lipinski definition) is 4. The van der Waals surface area contributed by atoms with E-state index in [9.17, 15) is 0 Å². The summed E-state index contributed by atoms with van der Waals surface area (Å²) in [7, 11) is 1.86. The Hall–Kier alpha value is -1.89. The van der Waals surface area contributed by atoms with Crippen LogP contribution in [-0.2, 0) is 11.3 Å². The maximum Gasteiger partial charge on any atom is 0.191 e. The number of benzene rings is 1. The molecule has 2 fully saturated rings. The molecule has 2 aliphatic heterocycles. The van der Waals surface area contributed by atoms with Crippen LogP contribution in [0, 0.1) is 5.92 Å². The number of ether oxygens (including phenoxy) is 1. The fourth-order valence-corrected chi connectivity index (χ4v) is 5.01. The molecule has 1 aromatic heterocycles. The van der Waals surface area contributed by atoms with Gasteiger partial charge in [-0.25, -0.2) is 0 Å². The van der Waals surface area contributed by atoms with Gasteiger partial charge in [0, 0.05) is 51.8 Å². The maximum atomic E-state index is 6.02. The third kappa shape index (κ3) is 5.59. The van der Waals surface area contributed by atoms with Crippen LogP contribution < -0.4 is 10.6 Å². The third-order valence-corrected chi connectivity index (χ3v) is 6.74. The molecule has 2 unspecified atom stereocenters. The molecule has 4 rings (SSSR count). The average molecular weight is 413 g/mol. The highest BCUT2D eigenvalue weighted by atomic mass is 32.1. The summed E-state index contributed by atoms with van der Waals surface area (Å²) in [6.07, 6.45) is 3.58. The van der Waals surface area contributed by atoms with Crippen molar-refractivity contribution in [2.75, 3.05) is 33.3 Å². The minimum absolute atomic E-state index is 0.183. The Labute approximate surface area is 178 Å². The molecule has 2 aliphatic rings. The molecule has 3 heterocycles. The van der Waals surface area contributed by atoms with Gasteiger partial charge in [-0.3, -0.25) is 9.89 Å². The Balaban J connectivity index is 1.22. The van der Waals surface area contributed by atoms with Crippen LogP contribution >= 0.6 is 11.3 Å². The van der Waals surface area contributed by atoms with Crippen molar-refractivity contribution in [3.05, 3.63) is 58.3 Å². The summed E-state index contributed by atoms with van der Waals surface area (Å²) in [5.74, 6) is 1.39. The Kier molecular flexibility index (Phi) is 7.19. The van der Waals surface area contributed by atoms with Gasteiger partial charge >= 0.3 is 0 Å². The van der Waals surface area contributed by atoms with Gasteiger partial charge in [0.05, 0.1) is 6.10 Å². The standard InChI is InChI=1S/C23H32N4OS/c1-24-23(25-15-20-9-13-28-22(20)19-5-3-2-4-6-19)26-21-7-11-27(12-8-21)16-18-10-14-29-17-18/h2-6,10,14,17,20-22H,7-9,11-13,15-16H2,1H3,(H2,24,25,26). The van der Waals surface area contributed by atoms with Crippen molar-refractivity contribution in [1.82, 2.24) is 15.5 Å². The van der Waals surface area contributed by atoms with Gasteiger partial charge in [0.15, 0.2) is 5.96 Å². The van der Waals surface area contributed by atoms with E-state index in [1.807, 2.05) is 7.05 Å². The van der Waals surface area contributed by atoms with Crippen LogP contribution in [0.3, 0.4) is 0 Å². The summed E-state index contributed by atoms with van der Waals surface area (Å²) < 4.78 is 6.02. The molecule has 2 aromatic rings. The lowest BCUT2D eigenvalue weighted by molar-refractivity contribution is 0.0915. The van der Waals surface area contributed by atoms with Gasteiger partial charge in [0.1, 0.15) is 0 Å². The zero-order chi connectivity index (χ0) is 19.9. The van der Waals surface area contributed by atoms with E-state index in [0.717, 1.165) is 58.0 Å². The summed E-state index contributed by atoms with van der Waals surface area (Å²) >= 11 is 1.78. The molecule has 0 amide bonds. The van der Waals surface area contributed by atoms with Crippen molar-refractivity contribution in [3.63, 3.8) is 0 Å². The number of guanidine groups is 1. The fraction of sp³-hybridized carbons (Fsp3) is 0.522. The highest BCUT2D eigenvalue weighted by Gasteiger charge is 2.29. The van der Waals surface area contributed by atoms with Crippen molar-refractivity contribution in [2.45, 2.75) is 38.0 Å². The van der Waals surface area contributed by atoms with Gasteiger partial charge in [-0.2, -0.15) is 11.3 Å². The number of piperidine rings is 1. The SMILES string of the molecule is CN=C(NCC1CCOC1c1ccccc1)NC1CCN(Cc2ccsc2)CC1. The summed E-state index contributed by atoms with van der Waals surface area (Å²) in [6.45, 7) is 5.07. The molecular weight excluding hydrogens is 380 g/mol. The molecule has 5 nitrogen and oxygen atoms in total. The molecule has 0 radical (unpaired) electrons. The van der Waals surface area contributed by atoms with Gasteiger partial charge in [-0.15, -0.1) is 0 Å². The Bertz CT molecular complexity index is 756. The fourth-order valence-electron chi connectivity index (χ4n) is 4.35. The first-order valence-electron chi connectivity index (χ1n) is 10.7. The number of thiophene rings is 1. The topological polar surface area (TPSA) is 48.9 Å². The summed E-state index contributed by atoms with van der Waals surface area (Å²) in [5, 5.41) is 11.6. The zero-order valence-corrected chi connectivity index (χ0v) is 18.0. The quantitative estimate of drug-likeness (QED) is 0.562. The van der Waals surface area contributed by atoms with Crippen LogP contribution in [0.5, 0.6) is 0 Å². The van der Waals surface area contributed by atoms with E-state index in [4.69, 9.17) is 4.74 Å². The number of aliphatic imine (C=N–C) groups is 1. The van der Waals surface area contributed by atoms with E-state index < -0.39 is 0 Å². The van der Waals surface area contributed by atoms with Crippen molar-refractivity contribution in [1.29, 1.82) is 0 Å². The Morgan fingerprint density at radius 1 is 1.17 bits per heavy atom. The van der Waals surface area contributed by atoms with Crippen molar-refractivity contribution >= 4 is 17.3 Å². The lowest BCUT2D eigenvalue weighted by atomic mass is 9.95. The van der Waals surface area contributed by atoms with Gasteiger partial charge < -0.3 is 15.4 Å². The largest absolute Gasteiger partial charge is 0.373 e. The monoisotopic (exact) mass is 412 g/mol. The van der Waals surface area contributed by atoms with Crippen LogP contribution in [-0.4, -0.2) is 50.2 Å². The Morgan fingerprint density at radius 3 is 2.72 bits per heavy atom. The molecule has 2 atom stereocenters. The van der Waals surface area contributed by atoms with E-state index in [1.54, 1.807) is 11.3 Å². The summed E-state index contributed by atoms with van der Waals surface area (Å²) in [5.41, 5.74) is 2.71. The Morgan fingerprint density at radius 2 is 2.00 bits per heavy atom. The molecule has 0 spiro atoms. The minimum Gasteiger partial charge on any atom is -0.373 e. The second kappa shape index (κ2) is 10.2. The lowest BCUT2D eigenvalue weighted by Crippen LogP contribution is -2.49. The number of hydrogen-bond donors (Lipinski definition) is 2. The first kappa shape index (κ1) is 20.4. The second-order valence-corrected chi connectivity index (χ2v) is 8.81. The molecular formula is C23H32N4OS. The summed E-state index contributed by atoms with van der Waals surface area (Å²) in [6, 6.07) is 13.3. The molecule has 2 N–H and O–H groups in total. The number of nitrogens with zero attached hydrogens (tertiary/aromatic N) is 2. The minimum atomic E-state index is 0.183. The molecule has 0 saturated carbocycles. The van der Waals surface area contributed by atoms with E-state index >= 15 is 0 Å². The zero-order valence-electron chi connectivity index (χ0n) is 17.2. The molecule has 1 aromatic carbocycles. The van der Waals surface area contributed by atoms with Crippen molar-refractivity contribution < 1.29 is 4.74 Å². The van der Waals surface area contributed by atoms with Crippen LogP contribution in [0.1, 0.15) is 36.5 Å². The predicted molar refractivity (Wildman–Crippen MR) is 120 cm³/mol. The van der Waals surface area contributed by atoms with Crippen molar-refractivity contribution in [2.24, 2.45) is 10.9 Å². The van der Waals surface area contributed by atoms with Crippen LogP contribution in [0.25, 0.3) is 0 Å². The smallest absolute Gasteiger partial charge is 0.191 e. The van der Waals surface area contributed by atoms with Gasteiger partial charge in [-0.05, 0) is 47.2 Å². The number of rotatable bonds is 6. The van der Waals surface area contributed by atoms with Gasteiger partial charge in [-0.1, -0.05) is 30.3 Å². The predicted octanol–water partition coefficient (Wildman–Crippen LogP) is 3.66. The maximum absolute atomic E-state index is 6.02. The first-order valence-corrected chi connectivity index (χ1v) is 11.6. The highest BCUT2D eigenvalue weighted by Crippen LogP contribution is 2.33. The average Bonchev–Trinajstić information content (AvgIpc) is 3.45. The van der Waals surface area contributed by atoms with Crippen LogP contribution in [0.4, 0.5) is 0 Å². The molecule has 0 bridgehead atoms. The van der Waals surface area contributed by atoms with E-state index in [0.29, 0.717) is 12.0 Å². The van der Waals surface area contributed by atoms with E-state index in [2.05, 4.69) is 67.7 Å². The van der Waals surface area contributed by atoms with Crippen molar-refractivity contribution in [3.8, 4) is 0 Å². The number of nitrogens with one attached hydrogen (secondary N) is 2. The van der Waals surface area contributed by atoms with E-state index in [-0.39, 0.29) is 6.10 Å². The highest BCUT2D eigenvalue weighted by molar-refractivity contribution is 7.07. The third-order valence-electron chi connectivity index (χ3n) is 6.01. The van der Waals surface area contributed by atoms with Gasteiger partial charge in [0.25, 0.3) is 0 Å². The van der Waals surface area contributed by atoms with Crippen LogP contribution in [0.15, 0.2) is 52.2 Å².